The van der Waals surface area contributed by atoms with E-state index in [1.54, 1.807) is 0 Å². The Morgan fingerprint density at radius 1 is 1.11 bits per heavy atom. The molecule has 2 aliphatic rings. The van der Waals surface area contributed by atoms with Crippen LogP contribution in [0, 0.1) is 12.8 Å². The fourth-order valence-corrected chi connectivity index (χ4v) is 5.84. The normalized spacial score (nSPS) is 20.6. The van der Waals surface area contributed by atoms with E-state index in [0.717, 1.165) is 22.6 Å². The van der Waals surface area contributed by atoms with Gasteiger partial charge in [-0.3, -0.25) is 9.78 Å². The first-order valence-electron chi connectivity index (χ1n) is 13.0. The zero-order valence-electron chi connectivity index (χ0n) is 21.3. The van der Waals surface area contributed by atoms with Gasteiger partial charge in [0.15, 0.2) is 5.11 Å². The molecule has 36 heavy (non-hydrogen) atoms. The first-order valence-corrected chi connectivity index (χ1v) is 13.4. The Kier molecular flexibility index (Phi) is 7.10. The molecule has 0 spiro atoms. The lowest BCUT2D eigenvalue weighted by Crippen LogP contribution is -2.31. The van der Waals surface area contributed by atoms with Crippen molar-refractivity contribution in [3.05, 3.63) is 77.9 Å². The number of rotatable bonds is 6. The Morgan fingerprint density at radius 2 is 1.92 bits per heavy atom. The van der Waals surface area contributed by atoms with Gasteiger partial charge < -0.3 is 20.1 Å². The van der Waals surface area contributed by atoms with Crippen molar-refractivity contribution in [2.45, 2.75) is 71.0 Å². The van der Waals surface area contributed by atoms with E-state index in [0.29, 0.717) is 11.2 Å². The molecule has 6 nitrogen and oxygen atoms in total. The fraction of sp³-hybridized carbons (Fsp3) is 0.414. The number of pyridine rings is 1. The molecular weight excluding hydrogens is 466 g/mol. The molecule has 2 fully saturated rings. The van der Waals surface area contributed by atoms with Gasteiger partial charge >= 0.3 is 0 Å². The van der Waals surface area contributed by atoms with Crippen molar-refractivity contribution in [2.75, 3.05) is 10.2 Å². The van der Waals surface area contributed by atoms with Crippen LogP contribution in [0.25, 0.3) is 0 Å². The highest BCUT2D eigenvalue weighted by Gasteiger charge is 2.42. The number of carbonyl (C=O) groups is 1. The van der Waals surface area contributed by atoms with E-state index in [1.807, 2.05) is 45.2 Å². The maximum absolute atomic E-state index is 12.3. The van der Waals surface area contributed by atoms with Crippen LogP contribution in [0.5, 0.6) is 0 Å². The summed E-state index contributed by atoms with van der Waals surface area (Å²) in [5.41, 5.74) is 5.07. The summed E-state index contributed by atoms with van der Waals surface area (Å²) >= 11 is 5.94. The molecule has 1 saturated heterocycles. The van der Waals surface area contributed by atoms with Crippen LogP contribution in [-0.2, 0) is 4.79 Å². The molecule has 1 aromatic carbocycles. The van der Waals surface area contributed by atoms with Crippen molar-refractivity contribution in [1.29, 1.82) is 0 Å². The number of carbonyl (C=O) groups excluding carboxylic acids is 1. The minimum Gasteiger partial charge on any atom is -0.351 e. The minimum absolute atomic E-state index is 0.0163. The van der Waals surface area contributed by atoms with Gasteiger partial charge in [0.1, 0.15) is 6.04 Å². The third kappa shape index (κ3) is 4.76. The predicted molar refractivity (Wildman–Crippen MR) is 149 cm³/mol. The summed E-state index contributed by atoms with van der Waals surface area (Å²) in [5, 5.41) is 7.31. The van der Waals surface area contributed by atoms with Crippen LogP contribution in [0.15, 0.2) is 60.9 Å². The number of hydrogen-bond acceptors (Lipinski definition) is 3. The molecule has 0 radical (unpaired) electrons. The van der Waals surface area contributed by atoms with Crippen LogP contribution in [0.2, 0.25) is 0 Å². The highest BCUT2D eigenvalue weighted by Crippen LogP contribution is 2.44. The number of anilines is 2. The molecule has 0 bridgehead atoms. The van der Waals surface area contributed by atoms with Gasteiger partial charge in [0, 0.05) is 41.4 Å². The highest BCUT2D eigenvalue weighted by atomic mass is 32.1. The molecular formula is C29H35N5OS. The quantitative estimate of drug-likeness (QED) is 0.379. The topological polar surface area (TPSA) is 62.2 Å². The van der Waals surface area contributed by atoms with E-state index in [1.165, 1.54) is 37.8 Å². The van der Waals surface area contributed by atoms with Crippen LogP contribution in [0.4, 0.5) is 11.4 Å². The number of aromatic nitrogens is 2. The standard InChI is InChI=1S/C29H35N5OS/c1-19(2)28(35)31-23-15-14-22(18-20(23)3)34-27(26(32-29(34)36)24-12-7-8-16-30-24)25-13-9-17-33(25)21-10-5-4-6-11-21/h7-9,12-19,21,26-27H,4-6,10-11H2,1-3H3,(H,31,35)(H,32,36). The maximum atomic E-state index is 12.3. The van der Waals surface area contributed by atoms with Gasteiger partial charge in [-0.15, -0.1) is 0 Å². The maximum Gasteiger partial charge on any atom is 0.226 e. The van der Waals surface area contributed by atoms with Gasteiger partial charge in [-0.2, -0.15) is 0 Å². The summed E-state index contributed by atoms with van der Waals surface area (Å²) in [5.74, 6) is -0.0573. The monoisotopic (exact) mass is 501 g/mol. The first-order chi connectivity index (χ1) is 17.4. The van der Waals surface area contributed by atoms with Crippen molar-refractivity contribution < 1.29 is 4.79 Å². The Labute approximate surface area is 219 Å². The summed E-state index contributed by atoms with van der Waals surface area (Å²) in [7, 11) is 0. The minimum atomic E-state index is -0.0736. The number of thiocarbonyl (C=S) groups is 1. The smallest absolute Gasteiger partial charge is 0.226 e. The van der Waals surface area contributed by atoms with Gasteiger partial charge in [0.05, 0.1) is 11.7 Å². The summed E-state index contributed by atoms with van der Waals surface area (Å²) in [4.78, 5) is 19.2. The van der Waals surface area contributed by atoms with Gasteiger partial charge in [-0.25, -0.2) is 0 Å². The van der Waals surface area contributed by atoms with Gasteiger partial charge in [-0.05, 0) is 80.0 Å². The second-order valence-corrected chi connectivity index (χ2v) is 10.7. The lowest BCUT2D eigenvalue weighted by molar-refractivity contribution is -0.118. The molecule has 2 aromatic heterocycles. The molecule has 5 rings (SSSR count). The van der Waals surface area contributed by atoms with E-state index in [2.05, 4.69) is 56.6 Å². The lowest BCUT2D eigenvalue weighted by Gasteiger charge is -2.32. The van der Waals surface area contributed by atoms with Crippen molar-refractivity contribution >= 4 is 34.6 Å². The molecule has 1 saturated carbocycles. The van der Waals surface area contributed by atoms with Crippen molar-refractivity contribution in [1.82, 2.24) is 14.9 Å². The molecule has 7 heteroatoms. The largest absolute Gasteiger partial charge is 0.351 e. The second kappa shape index (κ2) is 10.4. The fourth-order valence-electron chi connectivity index (χ4n) is 5.50. The Morgan fingerprint density at radius 3 is 2.61 bits per heavy atom. The number of benzene rings is 1. The lowest BCUT2D eigenvalue weighted by atomic mass is 9.94. The van der Waals surface area contributed by atoms with Crippen LogP contribution in [0.1, 0.15) is 81.0 Å². The average Bonchev–Trinajstić information content (AvgIpc) is 3.50. The molecule has 2 N–H and O–H groups in total. The van der Waals surface area contributed by atoms with E-state index in [4.69, 9.17) is 17.2 Å². The van der Waals surface area contributed by atoms with E-state index >= 15 is 0 Å². The van der Waals surface area contributed by atoms with Crippen molar-refractivity contribution in [2.24, 2.45) is 5.92 Å². The molecule has 2 unspecified atom stereocenters. The molecule has 1 aliphatic heterocycles. The summed E-state index contributed by atoms with van der Waals surface area (Å²) in [6.45, 7) is 5.83. The zero-order valence-corrected chi connectivity index (χ0v) is 22.1. The molecule has 188 valence electrons. The Balaban J connectivity index is 1.55. The van der Waals surface area contributed by atoms with Gasteiger partial charge in [0.25, 0.3) is 0 Å². The molecule has 1 aliphatic carbocycles. The van der Waals surface area contributed by atoms with E-state index in [-0.39, 0.29) is 23.9 Å². The molecule has 3 heterocycles. The molecule has 1 amide bonds. The van der Waals surface area contributed by atoms with E-state index < -0.39 is 0 Å². The number of nitrogens with one attached hydrogen (secondary N) is 2. The van der Waals surface area contributed by atoms with Gasteiger partial charge in [0.2, 0.25) is 5.91 Å². The predicted octanol–water partition coefficient (Wildman–Crippen LogP) is 6.47. The number of hydrogen-bond donors (Lipinski definition) is 2. The van der Waals surface area contributed by atoms with Gasteiger partial charge in [-0.1, -0.05) is 39.2 Å². The third-order valence-corrected chi connectivity index (χ3v) is 7.77. The molecule has 3 aromatic rings. The Hall–Kier alpha value is -3.19. The zero-order chi connectivity index (χ0) is 25.2. The average molecular weight is 502 g/mol. The molecule has 2 atom stereocenters. The number of amides is 1. The van der Waals surface area contributed by atoms with Crippen LogP contribution < -0.4 is 15.5 Å². The highest BCUT2D eigenvalue weighted by molar-refractivity contribution is 7.80. The number of aryl methyl sites for hydroxylation is 1. The first kappa shape index (κ1) is 24.5. The van der Waals surface area contributed by atoms with E-state index in [9.17, 15) is 4.79 Å². The summed E-state index contributed by atoms with van der Waals surface area (Å²) in [6, 6.07) is 17.0. The SMILES string of the molecule is Cc1cc(N2C(=S)NC(c3ccccn3)C2c2cccn2C2CCCCC2)ccc1NC(=O)C(C)C. The Bertz CT molecular complexity index is 1230. The third-order valence-electron chi connectivity index (χ3n) is 7.45. The second-order valence-electron chi connectivity index (χ2n) is 10.3. The number of nitrogens with zero attached hydrogens (tertiary/aromatic N) is 3. The summed E-state index contributed by atoms with van der Waals surface area (Å²) < 4.78 is 2.48. The van der Waals surface area contributed by atoms with Crippen LogP contribution >= 0.6 is 12.2 Å². The van der Waals surface area contributed by atoms with Crippen molar-refractivity contribution in [3.63, 3.8) is 0 Å². The summed E-state index contributed by atoms with van der Waals surface area (Å²) in [6.07, 6.45) is 10.4. The van der Waals surface area contributed by atoms with Crippen LogP contribution in [-0.4, -0.2) is 20.6 Å². The van der Waals surface area contributed by atoms with Crippen molar-refractivity contribution in [3.8, 4) is 0 Å². The van der Waals surface area contributed by atoms with Crippen LogP contribution in [0.3, 0.4) is 0 Å².